The molecule has 0 aliphatic carbocycles. The highest BCUT2D eigenvalue weighted by molar-refractivity contribution is 6.36. The van der Waals surface area contributed by atoms with E-state index in [4.69, 9.17) is 27.7 Å². The number of para-hydroxylation sites is 1. The minimum Gasteiger partial charge on any atom is -0.338 e. The zero-order valence-corrected chi connectivity index (χ0v) is 19.1. The van der Waals surface area contributed by atoms with Crippen LogP contribution in [-0.4, -0.2) is 40.6 Å². The summed E-state index contributed by atoms with van der Waals surface area (Å²) in [5, 5.41) is 5.12. The molecule has 1 atom stereocenters. The third-order valence-corrected chi connectivity index (χ3v) is 6.78. The molecule has 3 aromatic rings. The first-order valence-electron chi connectivity index (χ1n) is 11.0. The fourth-order valence-corrected chi connectivity index (χ4v) is 5.17. The van der Waals surface area contributed by atoms with Crippen molar-refractivity contribution in [2.45, 2.75) is 32.2 Å². The predicted molar refractivity (Wildman–Crippen MR) is 125 cm³/mol. The van der Waals surface area contributed by atoms with Crippen LogP contribution in [0.5, 0.6) is 0 Å². The highest BCUT2D eigenvalue weighted by atomic mass is 35.5. The molecule has 1 amide bonds. The van der Waals surface area contributed by atoms with Crippen LogP contribution in [0.4, 0.5) is 5.69 Å². The number of carbonyl (C=O) groups excluding carboxylic acids is 1. The van der Waals surface area contributed by atoms with Crippen LogP contribution in [0.25, 0.3) is 11.4 Å². The van der Waals surface area contributed by atoms with Gasteiger partial charge in [-0.15, -0.1) is 0 Å². The summed E-state index contributed by atoms with van der Waals surface area (Å²) in [7, 11) is 0. The van der Waals surface area contributed by atoms with E-state index in [2.05, 4.69) is 27.2 Å². The summed E-state index contributed by atoms with van der Waals surface area (Å²) in [5.74, 6) is 1.16. The number of halogens is 2. The van der Waals surface area contributed by atoms with Crippen LogP contribution >= 0.6 is 23.2 Å². The lowest BCUT2D eigenvalue weighted by atomic mass is 9.94. The number of fused-ring (bicyclic) bond motifs is 1. The van der Waals surface area contributed by atoms with Gasteiger partial charge in [0, 0.05) is 29.4 Å². The molecule has 32 heavy (non-hydrogen) atoms. The number of aryl methyl sites for hydroxylation is 1. The summed E-state index contributed by atoms with van der Waals surface area (Å²) in [6, 6.07) is 13.4. The Labute approximate surface area is 197 Å². The summed E-state index contributed by atoms with van der Waals surface area (Å²) >= 11 is 12.2. The van der Waals surface area contributed by atoms with E-state index in [0.29, 0.717) is 40.4 Å². The van der Waals surface area contributed by atoms with Gasteiger partial charge in [-0.3, -0.25) is 9.69 Å². The number of piperidine rings is 1. The van der Waals surface area contributed by atoms with Crippen molar-refractivity contribution in [3.05, 3.63) is 64.0 Å². The Bertz CT molecular complexity index is 1130. The van der Waals surface area contributed by atoms with Gasteiger partial charge in [-0.05, 0) is 62.1 Å². The fraction of sp³-hybridized carbons (Fsp3) is 0.375. The molecule has 0 spiro atoms. The molecule has 5 rings (SSSR count). The molecule has 1 aromatic heterocycles. The monoisotopic (exact) mass is 470 g/mol. The molecule has 2 aliphatic rings. The van der Waals surface area contributed by atoms with Crippen LogP contribution in [0.15, 0.2) is 47.0 Å². The molecule has 2 aliphatic heterocycles. The molecular weight excluding hydrogens is 447 g/mol. The standard InChI is InChI=1S/C24H24Cl2N4O2/c25-18-9-10-19(20(26)13-18)23-27-22(32-28-23)15-29-11-3-7-17(14-29)24(31)30-12-4-6-16-5-1-2-8-21(16)30/h1-2,5,8-10,13,17H,3-4,6-7,11-12,14-15H2. The lowest BCUT2D eigenvalue weighted by Gasteiger charge is -2.36. The third-order valence-electron chi connectivity index (χ3n) is 6.23. The molecule has 2 aromatic carbocycles. The second-order valence-electron chi connectivity index (χ2n) is 8.43. The van der Waals surface area contributed by atoms with Crippen molar-refractivity contribution in [1.82, 2.24) is 15.0 Å². The van der Waals surface area contributed by atoms with Gasteiger partial charge in [-0.2, -0.15) is 4.98 Å². The molecule has 3 heterocycles. The maximum absolute atomic E-state index is 13.4. The molecular formula is C24H24Cl2N4O2. The van der Waals surface area contributed by atoms with E-state index in [9.17, 15) is 4.79 Å². The number of carbonyl (C=O) groups is 1. The molecule has 1 saturated heterocycles. The Morgan fingerprint density at radius 2 is 2.00 bits per heavy atom. The zero-order valence-electron chi connectivity index (χ0n) is 17.6. The van der Waals surface area contributed by atoms with Gasteiger partial charge in [0.15, 0.2) is 0 Å². The van der Waals surface area contributed by atoms with Gasteiger partial charge in [0.2, 0.25) is 17.6 Å². The zero-order chi connectivity index (χ0) is 22.1. The maximum Gasteiger partial charge on any atom is 0.241 e. The number of hydrogen-bond acceptors (Lipinski definition) is 5. The highest BCUT2D eigenvalue weighted by Crippen LogP contribution is 2.31. The number of amides is 1. The van der Waals surface area contributed by atoms with Gasteiger partial charge in [0.25, 0.3) is 0 Å². The number of anilines is 1. The molecule has 166 valence electrons. The highest BCUT2D eigenvalue weighted by Gasteiger charge is 2.32. The SMILES string of the molecule is O=C(C1CCCN(Cc2nc(-c3ccc(Cl)cc3Cl)no2)C1)N1CCCc2ccccc21. The number of hydrogen-bond donors (Lipinski definition) is 0. The molecule has 0 N–H and O–H groups in total. The topological polar surface area (TPSA) is 62.5 Å². The van der Waals surface area contributed by atoms with Crippen LogP contribution in [0.2, 0.25) is 10.0 Å². The summed E-state index contributed by atoms with van der Waals surface area (Å²) in [5.41, 5.74) is 3.02. The minimum absolute atomic E-state index is 0.0250. The maximum atomic E-state index is 13.4. The Morgan fingerprint density at radius 3 is 2.88 bits per heavy atom. The predicted octanol–water partition coefficient (Wildman–Crippen LogP) is 5.23. The third kappa shape index (κ3) is 4.40. The van der Waals surface area contributed by atoms with Crippen molar-refractivity contribution >= 4 is 34.8 Å². The van der Waals surface area contributed by atoms with E-state index in [1.54, 1.807) is 18.2 Å². The molecule has 0 bridgehead atoms. The average Bonchev–Trinajstić information content (AvgIpc) is 3.26. The van der Waals surface area contributed by atoms with Gasteiger partial charge in [-0.1, -0.05) is 46.6 Å². The fourth-order valence-electron chi connectivity index (χ4n) is 4.67. The largest absolute Gasteiger partial charge is 0.338 e. The summed E-state index contributed by atoms with van der Waals surface area (Å²) in [4.78, 5) is 22.1. The van der Waals surface area contributed by atoms with Crippen LogP contribution in [0.1, 0.15) is 30.7 Å². The van der Waals surface area contributed by atoms with Crippen molar-refractivity contribution in [3.63, 3.8) is 0 Å². The van der Waals surface area contributed by atoms with E-state index in [1.165, 1.54) is 5.56 Å². The van der Waals surface area contributed by atoms with Crippen molar-refractivity contribution < 1.29 is 9.32 Å². The second-order valence-corrected chi connectivity index (χ2v) is 9.28. The van der Waals surface area contributed by atoms with E-state index >= 15 is 0 Å². The van der Waals surface area contributed by atoms with Crippen molar-refractivity contribution in [1.29, 1.82) is 0 Å². The van der Waals surface area contributed by atoms with E-state index in [-0.39, 0.29) is 11.8 Å². The van der Waals surface area contributed by atoms with Crippen LogP contribution in [0.3, 0.4) is 0 Å². The van der Waals surface area contributed by atoms with Gasteiger partial charge in [0.1, 0.15) is 0 Å². The normalized spacial score (nSPS) is 19.1. The van der Waals surface area contributed by atoms with E-state index in [1.807, 2.05) is 17.0 Å². The lowest BCUT2D eigenvalue weighted by Crippen LogP contribution is -2.46. The van der Waals surface area contributed by atoms with Crippen LogP contribution in [0, 0.1) is 5.92 Å². The van der Waals surface area contributed by atoms with Gasteiger partial charge in [-0.25, -0.2) is 0 Å². The smallest absolute Gasteiger partial charge is 0.241 e. The van der Waals surface area contributed by atoms with Gasteiger partial charge < -0.3 is 9.42 Å². The number of nitrogens with zero attached hydrogens (tertiary/aromatic N) is 4. The van der Waals surface area contributed by atoms with Gasteiger partial charge in [0.05, 0.1) is 17.5 Å². The Hall–Kier alpha value is -2.41. The van der Waals surface area contributed by atoms with Crippen molar-refractivity contribution in [2.75, 3.05) is 24.5 Å². The summed E-state index contributed by atoms with van der Waals surface area (Å²) in [6.45, 7) is 2.90. The summed E-state index contributed by atoms with van der Waals surface area (Å²) < 4.78 is 5.48. The van der Waals surface area contributed by atoms with Crippen molar-refractivity contribution in [2.24, 2.45) is 5.92 Å². The molecule has 1 fully saturated rings. The van der Waals surface area contributed by atoms with Crippen molar-refractivity contribution in [3.8, 4) is 11.4 Å². The van der Waals surface area contributed by atoms with E-state index < -0.39 is 0 Å². The second kappa shape index (κ2) is 9.22. The minimum atomic E-state index is -0.0250. The Morgan fingerprint density at radius 1 is 1.12 bits per heavy atom. The summed E-state index contributed by atoms with van der Waals surface area (Å²) in [6.07, 6.45) is 3.92. The molecule has 8 heteroatoms. The lowest BCUT2D eigenvalue weighted by molar-refractivity contribution is -0.124. The van der Waals surface area contributed by atoms with Crippen LogP contribution in [-0.2, 0) is 17.8 Å². The molecule has 0 radical (unpaired) electrons. The first kappa shape index (κ1) is 21.4. The Balaban J connectivity index is 1.26. The van der Waals surface area contributed by atoms with E-state index in [0.717, 1.165) is 44.5 Å². The molecule has 1 unspecified atom stereocenters. The quantitative estimate of drug-likeness (QED) is 0.521. The first-order chi connectivity index (χ1) is 15.6. The van der Waals surface area contributed by atoms with Gasteiger partial charge >= 0.3 is 0 Å². The number of rotatable bonds is 4. The first-order valence-corrected chi connectivity index (χ1v) is 11.7. The average molecular weight is 471 g/mol. The molecule has 0 saturated carbocycles. The number of benzene rings is 2. The van der Waals surface area contributed by atoms with Crippen LogP contribution < -0.4 is 4.90 Å². The number of likely N-dealkylation sites (tertiary alicyclic amines) is 1. The Kier molecular flexibility index (Phi) is 6.17. The number of aromatic nitrogens is 2. The molecule has 6 nitrogen and oxygen atoms in total.